The van der Waals surface area contributed by atoms with E-state index in [0.717, 1.165) is 36.1 Å². The van der Waals surface area contributed by atoms with Crippen LogP contribution in [-0.4, -0.2) is 21.0 Å². The van der Waals surface area contributed by atoms with Crippen molar-refractivity contribution < 1.29 is 4.79 Å². The molecule has 8 heteroatoms. The number of anilines is 1. The predicted molar refractivity (Wildman–Crippen MR) is 167 cm³/mol. The quantitative estimate of drug-likeness (QED) is 0.0648. The number of rotatable bonds is 19. The van der Waals surface area contributed by atoms with Crippen LogP contribution in [0, 0.1) is 13.8 Å². The van der Waals surface area contributed by atoms with Gasteiger partial charge in [0.25, 0.3) is 0 Å². The first-order chi connectivity index (χ1) is 17.6. The molecule has 0 saturated heterocycles. The second-order valence-corrected chi connectivity index (χ2v) is 12.9. The standard InChI is InChI=1S/C29H48Cl3N3OS/c1-4-5-6-7-8-9-10-11-12-13-14-15-16-17-18-19-26(36)34-27(29(30,31)32)35-28(37)33-25-21-20-23(2)22-24(25)3/h20-22,27H,4-19H2,1-3H3,(H,34,36)(H2,33,35,37)/t27-/m1/s1. The van der Waals surface area contributed by atoms with Crippen LogP contribution in [0.4, 0.5) is 5.69 Å². The Morgan fingerprint density at radius 1 is 0.811 bits per heavy atom. The highest BCUT2D eigenvalue weighted by molar-refractivity contribution is 7.80. The fourth-order valence-electron chi connectivity index (χ4n) is 4.33. The predicted octanol–water partition coefficient (Wildman–Crippen LogP) is 9.66. The van der Waals surface area contributed by atoms with Crippen LogP contribution in [0.25, 0.3) is 0 Å². The largest absolute Gasteiger partial charge is 0.339 e. The maximum Gasteiger partial charge on any atom is 0.228 e. The number of aryl methyl sites for hydroxylation is 2. The van der Waals surface area contributed by atoms with Gasteiger partial charge in [-0.25, -0.2) is 0 Å². The lowest BCUT2D eigenvalue weighted by Gasteiger charge is -2.28. The molecule has 0 aliphatic heterocycles. The zero-order valence-corrected chi connectivity index (χ0v) is 26.2. The number of carbonyl (C=O) groups excluding carboxylic acids is 1. The summed E-state index contributed by atoms with van der Waals surface area (Å²) in [4.78, 5) is 12.5. The van der Waals surface area contributed by atoms with E-state index in [1.807, 2.05) is 26.0 Å². The molecular weight excluding hydrogens is 545 g/mol. The van der Waals surface area contributed by atoms with Gasteiger partial charge in [-0.2, -0.15) is 0 Å². The smallest absolute Gasteiger partial charge is 0.228 e. The van der Waals surface area contributed by atoms with E-state index >= 15 is 0 Å². The first-order valence-electron chi connectivity index (χ1n) is 14.1. The van der Waals surface area contributed by atoms with Crippen LogP contribution in [0.3, 0.4) is 0 Å². The van der Waals surface area contributed by atoms with Crippen molar-refractivity contribution >= 4 is 63.7 Å². The Kier molecular flexibility index (Phi) is 18.7. The Labute approximate surface area is 246 Å². The van der Waals surface area contributed by atoms with E-state index in [4.69, 9.17) is 47.0 Å². The number of hydrogen-bond acceptors (Lipinski definition) is 2. The summed E-state index contributed by atoms with van der Waals surface area (Å²) in [5, 5.41) is 9.08. The molecule has 0 aliphatic rings. The highest BCUT2D eigenvalue weighted by Crippen LogP contribution is 2.29. The molecule has 37 heavy (non-hydrogen) atoms. The first-order valence-corrected chi connectivity index (χ1v) is 15.7. The number of unbranched alkanes of at least 4 members (excludes halogenated alkanes) is 14. The molecule has 1 aromatic carbocycles. The number of halogens is 3. The number of nitrogens with one attached hydrogen (secondary N) is 3. The molecule has 3 N–H and O–H groups in total. The van der Waals surface area contributed by atoms with Crippen molar-refractivity contribution in [3.63, 3.8) is 0 Å². The van der Waals surface area contributed by atoms with Crippen LogP contribution in [0.2, 0.25) is 0 Å². The summed E-state index contributed by atoms with van der Waals surface area (Å²) in [6.45, 7) is 6.28. The third-order valence-electron chi connectivity index (χ3n) is 6.55. The van der Waals surface area contributed by atoms with Gasteiger partial charge in [-0.15, -0.1) is 0 Å². The molecule has 4 nitrogen and oxygen atoms in total. The molecule has 0 spiro atoms. The topological polar surface area (TPSA) is 53.2 Å². The van der Waals surface area contributed by atoms with E-state index in [-0.39, 0.29) is 11.0 Å². The van der Waals surface area contributed by atoms with Crippen LogP contribution >= 0.6 is 47.0 Å². The van der Waals surface area contributed by atoms with Crippen LogP contribution < -0.4 is 16.0 Å². The van der Waals surface area contributed by atoms with Gasteiger partial charge in [0.05, 0.1) is 0 Å². The maximum absolute atomic E-state index is 12.5. The molecule has 0 bridgehead atoms. The Morgan fingerprint density at radius 2 is 1.30 bits per heavy atom. The van der Waals surface area contributed by atoms with E-state index < -0.39 is 9.96 Å². The van der Waals surface area contributed by atoms with Crippen LogP contribution in [-0.2, 0) is 4.79 Å². The van der Waals surface area contributed by atoms with Gasteiger partial charge in [0.2, 0.25) is 9.70 Å². The number of amides is 1. The van der Waals surface area contributed by atoms with Gasteiger partial charge in [0, 0.05) is 12.1 Å². The van der Waals surface area contributed by atoms with Gasteiger partial charge in [-0.3, -0.25) is 4.79 Å². The summed E-state index contributed by atoms with van der Waals surface area (Å²) in [6.07, 6.45) is 18.7. The van der Waals surface area contributed by atoms with E-state index in [2.05, 4.69) is 28.9 Å². The molecular formula is C29H48Cl3N3OS. The third kappa shape index (κ3) is 17.5. The SMILES string of the molecule is CCCCCCCCCCCCCCCCCC(=O)N[C@H](NC(=S)Nc1ccc(C)cc1C)C(Cl)(Cl)Cl. The van der Waals surface area contributed by atoms with E-state index in [1.165, 1.54) is 77.0 Å². The zero-order chi connectivity index (χ0) is 27.5. The summed E-state index contributed by atoms with van der Waals surface area (Å²) in [7, 11) is 0. The molecule has 0 heterocycles. The Morgan fingerprint density at radius 3 is 1.76 bits per heavy atom. The number of hydrogen-bond donors (Lipinski definition) is 3. The third-order valence-corrected chi connectivity index (χ3v) is 7.42. The second-order valence-electron chi connectivity index (χ2n) is 10.2. The molecule has 1 atom stereocenters. The Hall–Kier alpha value is -0.750. The van der Waals surface area contributed by atoms with E-state index in [0.29, 0.717) is 6.42 Å². The number of benzene rings is 1. The first kappa shape index (κ1) is 34.3. The number of alkyl halides is 3. The van der Waals surface area contributed by atoms with Crippen LogP contribution in [0.15, 0.2) is 18.2 Å². The number of thiocarbonyl (C=S) groups is 1. The number of carbonyl (C=O) groups is 1. The van der Waals surface area contributed by atoms with Crippen molar-refractivity contribution in [2.24, 2.45) is 0 Å². The van der Waals surface area contributed by atoms with Crippen LogP contribution in [0.5, 0.6) is 0 Å². The molecule has 0 aliphatic carbocycles. The molecule has 0 saturated carbocycles. The maximum atomic E-state index is 12.5. The van der Waals surface area contributed by atoms with E-state index in [9.17, 15) is 4.79 Å². The summed E-state index contributed by atoms with van der Waals surface area (Å²) < 4.78 is -1.75. The highest BCUT2D eigenvalue weighted by Gasteiger charge is 2.34. The van der Waals surface area contributed by atoms with E-state index in [1.54, 1.807) is 0 Å². The molecule has 1 rings (SSSR count). The van der Waals surface area contributed by atoms with Gasteiger partial charge >= 0.3 is 0 Å². The summed E-state index contributed by atoms with van der Waals surface area (Å²) in [5.74, 6) is -0.159. The van der Waals surface area contributed by atoms with Crippen LogP contribution in [0.1, 0.15) is 121 Å². The average molecular weight is 593 g/mol. The van der Waals surface area contributed by atoms with Crippen molar-refractivity contribution in [3.05, 3.63) is 29.3 Å². The average Bonchev–Trinajstić information content (AvgIpc) is 2.82. The van der Waals surface area contributed by atoms with Gasteiger partial charge in [0.1, 0.15) is 6.17 Å². The van der Waals surface area contributed by atoms with Crippen molar-refractivity contribution in [1.29, 1.82) is 0 Å². The Bertz CT molecular complexity index is 786. The normalized spacial score (nSPS) is 12.3. The minimum Gasteiger partial charge on any atom is -0.339 e. The summed E-state index contributed by atoms with van der Waals surface area (Å²) >= 11 is 23.7. The molecule has 0 unspecified atom stereocenters. The van der Waals surface area contributed by atoms with Gasteiger partial charge in [0.15, 0.2) is 5.11 Å². The zero-order valence-electron chi connectivity index (χ0n) is 23.1. The minimum atomic E-state index is -1.75. The fraction of sp³-hybridized carbons (Fsp3) is 0.724. The second kappa shape index (κ2) is 20.2. The van der Waals surface area contributed by atoms with Crippen molar-refractivity contribution in [2.45, 2.75) is 133 Å². The van der Waals surface area contributed by atoms with Gasteiger partial charge in [-0.05, 0) is 44.1 Å². The lowest BCUT2D eigenvalue weighted by molar-refractivity contribution is -0.122. The molecule has 1 aromatic rings. The lowest BCUT2D eigenvalue weighted by atomic mass is 10.0. The molecule has 212 valence electrons. The summed E-state index contributed by atoms with van der Waals surface area (Å²) in [6, 6.07) is 5.98. The molecule has 1 amide bonds. The van der Waals surface area contributed by atoms with Crippen molar-refractivity contribution in [2.75, 3.05) is 5.32 Å². The molecule has 0 aromatic heterocycles. The lowest BCUT2D eigenvalue weighted by Crippen LogP contribution is -2.56. The monoisotopic (exact) mass is 591 g/mol. The van der Waals surface area contributed by atoms with Gasteiger partial charge < -0.3 is 16.0 Å². The Balaban J connectivity index is 2.16. The fourth-order valence-corrected chi connectivity index (χ4v) is 4.89. The minimum absolute atomic E-state index is 0.159. The van der Waals surface area contributed by atoms with Crippen molar-refractivity contribution in [3.8, 4) is 0 Å². The van der Waals surface area contributed by atoms with Gasteiger partial charge in [-0.1, -0.05) is 149 Å². The molecule has 0 radical (unpaired) electrons. The molecule has 0 fully saturated rings. The summed E-state index contributed by atoms with van der Waals surface area (Å²) in [5.41, 5.74) is 3.06. The van der Waals surface area contributed by atoms with Crippen molar-refractivity contribution in [1.82, 2.24) is 10.6 Å². The highest BCUT2D eigenvalue weighted by atomic mass is 35.6.